The maximum atomic E-state index is 13.8. The number of nitrogens with zero attached hydrogens (tertiary/aromatic N) is 1. The summed E-state index contributed by atoms with van der Waals surface area (Å²) < 4.78 is 19.1. The molecule has 3 aromatic carbocycles. The largest absolute Gasteiger partial charge is 0.468 e. The standard InChI is InChI=1S/C26H28FNO2/c1-3-26(25(29)30-2,23-14-8-5-9-15-23)20-28(18-21-11-6-4-7-12-21)19-22-13-10-16-24(27)17-22/h4-17H,3,18-20H2,1-2H3/t26-/m0/s1. The van der Waals surface area contributed by atoms with E-state index in [0.29, 0.717) is 26.1 Å². The van der Waals surface area contributed by atoms with Gasteiger partial charge in [-0.15, -0.1) is 0 Å². The molecule has 1 atom stereocenters. The summed E-state index contributed by atoms with van der Waals surface area (Å²) in [5, 5.41) is 0. The highest BCUT2D eigenvalue weighted by Crippen LogP contribution is 2.32. The monoisotopic (exact) mass is 405 g/mol. The first-order valence-corrected chi connectivity index (χ1v) is 10.2. The Morgan fingerprint density at radius 2 is 1.50 bits per heavy atom. The zero-order valence-corrected chi connectivity index (χ0v) is 17.6. The molecule has 0 spiro atoms. The molecule has 4 heteroatoms. The molecule has 156 valence electrons. The minimum atomic E-state index is -0.807. The third-order valence-corrected chi connectivity index (χ3v) is 5.54. The molecule has 0 unspecified atom stereocenters. The lowest BCUT2D eigenvalue weighted by molar-refractivity contribution is -0.149. The van der Waals surface area contributed by atoms with E-state index in [-0.39, 0.29) is 11.8 Å². The first-order valence-electron chi connectivity index (χ1n) is 10.2. The second-order valence-corrected chi connectivity index (χ2v) is 7.55. The van der Waals surface area contributed by atoms with Crippen LogP contribution in [0.15, 0.2) is 84.9 Å². The molecule has 0 aliphatic rings. The third kappa shape index (κ3) is 5.14. The number of esters is 1. The molecule has 3 rings (SSSR count). The molecule has 0 radical (unpaired) electrons. The fraction of sp³-hybridized carbons (Fsp3) is 0.269. The second kappa shape index (κ2) is 10.2. The number of ether oxygens (including phenoxy) is 1. The van der Waals surface area contributed by atoms with Crippen molar-refractivity contribution in [2.24, 2.45) is 0 Å². The van der Waals surface area contributed by atoms with Crippen LogP contribution in [0.25, 0.3) is 0 Å². The van der Waals surface area contributed by atoms with Crippen molar-refractivity contribution in [1.82, 2.24) is 4.90 Å². The maximum absolute atomic E-state index is 13.8. The summed E-state index contributed by atoms with van der Waals surface area (Å²) in [6.45, 7) is 3.64. The molecule has 0 N–H and O–H groups in total. The predicted molar refractivity (Wildman–Crippen MR) is 117 cm³/mol. The van der Waals surface area contributed by atoms with Gasteiger partial charge >= 0.3 is 5.97 Å². The second-order valence-electron chi connectivity index (χ2n) is 7.55. The Hall–Kier alpha value is -2.98. The van der Waals surface area contributed by atoms with Gasteiger partial charge in [0.2, 0.25) is 0 Å². The minimum Gasteiger partial charge on any atom is -0.468 e. The van der Waals surface area contributed by atoms with E-state index in [2.05, 4.69) is 17.0 Å². The zero-order chi connectivity index (χ0) is 21.4. The third-order valence-electron chi connectivity index (χ3n) is 5.54. The molecule has 0 aliphatic carbocycles. The van der Waals surface area contributed by atoms with Crippen molar-refractivity contribution in [1.29, 1.82) is 0 Å². The van der Waals surface area contributed by atoms with Crippen molar-refractivity contribution >= 4 is 5.97 Å². The smallest absolute Gasteiger partial charge is 0.317 e. The number of carbonyl (C=O) groups excluding carboxylic acids is 1. The Balaban J connectivity index is 1.98. The summed E-state index contributed by atoms with van der Waals surface area (Å²) in [5.74, 6) is -0.515. The van der Waals surface area contributed by atoms with E-state index in [1.54, 1.807) is 12.1 Å². The van der Waals surface area contributed by atoms with Crippen LogP contribution in [0.2, 0.25) is 0 Å². The van der Waals surface area contributed by atoms with Gasteiger partial charge in [0.25, 0.3) is 0 Å². The van der Waals surface area contributed by atoms with Crippen LogP contribution in [0.4, 0.5) is 4.39 Å². The normalized spacial score (nSPS) is 13.1. The van der Waals surface area contributed by atoms with Gasteiger partial charge in [-0.25, -0.2) is 4.39 Å². The predicted octanol–water partition coefficient (Wildman–Crippen LogP) is 5.35. The Kier molecular flexibility index (Phi) is 7.36. The molecule has 0 aromatic heterocycles. The molecule has 3 aromatic rings. The zero-order valence-electron chi connectivity index (χ0n) is 17.6. The van der Waals surface area contributed by atoms with Crippen LogP contribution < -0.4 is 0 Å². The quantitative estimate of drug-likeness (QED) is 0.450. The number of carbonyl (C=O) groups is 1. The average molecular weight is 406 g/mol. The number of hydrogen-bond donors (Lipinski definition) is 0. The van der Waals surface area contributed by atoms with Gasteiger partial charge in [-0.3, -0.25) is 9.69 Å². The van der Waals surface area contributed by atoms with Crippen LogP contribution in [0, 0.1) is 5.82 Å². The number of methoxy groups -OCH3 is 1. The van der Waals surface area contributed by atoms with E-state index in [1.165, 1.54) is 13.2 Å². The fourth-order valence-corrected chi connectivity index (χ4v) is 3.97. The highest BCUT2D eigenvalue weighted by atomic mass is 19.1. The van der Waals surface area contributed by atoms with Crippen molar-refractivity contribution in [3.63, 3.8) is 0 Å². The van der Waals surface area contributed by atoms with Crippen LogP contribution in [-0.4, -0.2) is 24.5 Å². The average Bonchev–Trinajstić information content (AvgIpc) is 2.78. The van der Waals surface area contributed by atoms with Crippen molar-refractivity contribution in [3.8, 4) is 0 Å². The van der Waals surface area contributed by atoms with Crippen LogP contribution in [0.1, 0.15) is 30.0 Å². The lowest BCUT2D eigenvalue weighted by atomic mass is 9.77. The van der Waals surface area contributed by atoms with Gasteiger partial charge in [0.05, 0.1) is 7.11 Å². The van der Waals surface area contributed by atoms with Gasteiger partial charge in [0.15, 0.2) is 0 Å². The Morgan fingerprint density at radius 3 is 2.10 bits per heavy atom. The summed E-state index contributed by atoms with van der Waals surface area (Å²) in [6.07, 6.45) is 0.595. The highest BCUT2D eigenvalue weighted by Gasteiger charge is 2.41. The Bertz CT molecular complexity index is 946. The van der Waals surface area contributed by atoms with Crippen molar-refractivity contribution in [2.45, 2.75) is 31.8 Å². The van der Waals surface area contributed by atoms with Crippen LogP contribution in [-0.2, 0) is 28.0 Å². The summed E-state index contributed by atoms with van der Waals surface area (Å²) in [5.41, 5.74) is 2.13. The number of halogens is 1. The minimum absolute atomic E-state index is 0.256. The van der Waals surface area contributed by atoms with Crippen molar-refractivity contribution in [2.75, 3.05) is 13.7 Å². The Labute approximate surface area is 178 Å². The van der Waals surface area contributed by atoms with Crippen molar-refractivity contribution < 1.29 is 13.9 Å². The van der Waals surface area contributed by atoms with E-state index in [9.17, 15) is 9.18 Å². The summed E-state index contributed by atoms with van der Waals surface area (Å²) in [7, 11) is 1.43. The lowest BCUT2D eigenvalue weighted by Gasteiger charge is -2.36. The molecule has 0 fully saturated rings. The SMILES string of the molecule is CC[C@@](CN(Cc1ccccc1)Cc1cccc(F)c1)(C(=O)OC)c1ccccc1. The van der Waals surface area contributed by atoms with Crippen LogP contribution >= 0.6 is 0 Å². The van der Waals surface area contributed by atoms with Crippen LogP contribution in [0.3, 0.4) is 0 Å². The number of hydrogen-bond acceptors (Lipinski definition) is 3. The highest BCUT2D eigenvalue weighted by molar-refractivity contribution is 5.83. The van der Waals surface area contributed by atoms with Gasteiger partial charge in [0.1, 0.15) is 11.2 Å². The molecule has 0 saturated carbocycles. The van der Waals surface area contributed by atoms with Gasteiger partial charge < -0.3 is 4.74 Å². The summed E-state index contributed by atoms with van der Waals surface area (Å²) in [6, 6.07) is 26.5. The molecular formula is C26H28FNO2. The van der Waals surface area contributed by atoms with E-state index in [4.69, 9.17) is 4.74 Å². The van der Waals surface area contributed by atoms with Gasteiger partial charge in [0, 0.05) is 19.6 Å². The summed E-state index contributed by atoms with van der Waals surface area (Å²) in [4.78, 5) is 15.2. The summed E-state index contributed by atoms with van der Waals surface area (Å²) >= 11 is 0. The number of benzene rings is 3. The van der Waals surface area contributed by atoms with E-state index in [0.717, 1.165) is 16.7 Å². The fourth-order valence-electron chi connectivity index (χ4n) is 3.97. The molecular weight excluding hydrogens is 377 g/mol. The Morgan fingerprint density at radius 1 is 0.900 bits per heavy atom. The van der Waals surface area contributed by atoms with E-state index >= 15 is 0 Å². The van der Waals surface area contributed by atoms with Gasteiger partial charge in [-0.2, -0.15) is 0 Å². The molecule has 0 amide bonds. The van der Waals surface area contributed by atoms with E-state index < -0.39 is 5.41 Å². The van der Waals surface area contributed by atoms with Crippen LogP contribution in [0.5, 0.6) is 0 Å². The van der Waals surface area contributed by atoms with E-state index in [1.807, 2.05) is 61.5 Å². The lowest BCUT2D eigenvalue weighted by Crippen LogP contribution is -2.46. The number of rotatable bonds is 9. The molecule has 0 aliphatic heterocycles. The molecule has 0 bridgehead atoms. The molecule has 3 nitrogen and oxygen atoms in total. The topological polar surface area (TPSA) is 29.5 Å². The molecule has 0 heterocycles. The van der Waals surface area contributed by atoms with Gasteiger partial charge in [-0.1, -0.05) is 79.7 Å². The molecule has 0 saturated heterocycles. The first-order chi connectivity index (χ1) is 14.6. The first kappa shape index (κ1) is 21.7. The van der Waals surface area contributed by atoms with Gasteiger partial charge in [-0.05, 0) is 35.2 Å². The maximum Gasteiger partial charge on any atom is 0.317 e. The van der Waals surface area contributed by atoms with Crippen molar-refractivity contribution in [3.05, 3.63) is 107 Å². The molecule has 30 heavy (non-hydrogen) atoms.